The standard InChI is InChI=1S/C24H27N5O/c1-16-12-22(27-28-15-17(2)26-23(16)28)18-10-11-21-19(13-18)14-25-29(24(21)30)20-8-6-4-3-5-7-9-20/h10-15,20H,3-9H2,1-2H3. The Balaban J connectivity index is 1.54. The zero-order valence-corrected chi connectivity index (χ0v) is 17.6. The molecule has 1 aliphatic rings. The van der Waals surface area contributed by atoms with Crippen LogP contribution in [-0.2, 0) is 0 Å². The second kappa shape index (κ2) is 7.67. The molecule has 1 aliphatic carbocycles. The van der Waals surface area contributed by atoms with Crippen molar-refractivity contribution in [3.05, 3.63) is 58.3 Å². The first-order valence-corrected chi connectivity index (χ1v) is 11.0. The molecule has 3 heterocycles. The number of nitrogens with zero attached hydrogens (tertiary/aromatic N) is 5. The summed E-state index contributed by atoms with van der Waals surface area (Å²) >= 11 is 0. The summed E-state index contributed by atoms with van der Waals surface area (Å²) in [6.07, 6.45) is 12.0. The topological polar surface area (TPSA) is 65.1 Å². The summed E-state index contributed by atoms with van der Waals surface area (Å²) in [4.78, 5) is 17.7. The molecule has 0 unspecified atom stereocenters. The van der Waals surface area contributed by atoms with Gasteiger partial charge in [0.25, 0.3) is 5.56 Å². The molecule has 1 aromatic carbocycles. The molecule has 0 bridgehead atoms. The maximum absolute atomic E-state index is 13.2. The van der Waals surface area contributed by atoms with E-state index in [9.17, 15) is 4.79 Å². The van der Waals surface area contributed by atoms with Crippen LogP contribution in [0.25, 0.3) is 27.7 Å². The lowest BCUT2D eigenvalue weighted by molar-refractivity contribution is 0.338. The normalized spacial score (nSPS) is 16.1. The Kier molecular flexibility index (Phi) is 4.85. The molecule has 6 heteroatoms. The highest BCUT2D eigenvalue weighted by Gasteiger charge is 2.17. The number of aryl methyl sites for hydroxylation is 2. The number of rotatable bonds is 2. The van der Waals surface area contributed by atoms with Gasteiger partial charge in [0.1, 0.15) is 0 Å². The summed E-state index contributed by atoms with van der Waals surface area (Å²) in [5.74, 6) is 0. The van der Waals surface area contributed by atoms with E-state index in [2.05, 4.69) is 10.1 Å². The number of hydrogen-bond donors (Lipinski definition) is 0. The predicted molar refractivity (Wildman–Crippen MR) is 119 cm³/mol. The van der Waals surface area contributed by atoms with Gasteiger partial charge < -0.3 is 0 Å². The third kappa shape index (κ3) is 3.40. The molecule has 4 aromatic rings. The van der Waals surface area contributed by atoms with Gasteiger partial charge in [-0.05, 0) is 50.5 Å². The molecule has 0 atom stereocenters. The molecule has 6 nitrogen and oxygen atoms in total. The largest absolute Gasteiger partial charge is 0.274 e. The van der Waals surface area contributed by atoms with Crippen LogP contribution in [0.2, 0.25) is 0 Å². The molecule has 3 aromatic heterocycles. The molecule has 0 amide bonds. The Bertz CT molecular complexity index is 1280. The van der Waals surface area contributed by atoms with Gasteiger partial charge in [-0.2, -0.15) is 10.2 Å². The Morgan fingerprint density at radius 1 is 1.00 bits per heavy atom. The van der Waals surface area contributed by atoms with Gasteiger partial charge in [-0.25, -0.2) is 14.2 Å². The molecule has 0 radical (unpaired) electrons. The van der Waals surface area contributed by atoms with Crippen molar-refractivity contribution >= 4 is 16.4 Å². The number of aromatic nitrogens is 5. The maximum atomic E-state index is 13.2. The summed E-state index contributed by atoms with van der Waals surface area (Å²) in [5, 5.41) is 10.9. The van der Waals surface area contributed by atoms with Gasteiger partial charge in [-0.1, -0.05) is 38.2 Å². The van der Waals surface area contributed by atoms with E-state index in [-0.39, 0.29) is 11.6 Å². The molecule has 0 aliphatic heterocycles. The average Bonchev–Trinajstić information content (AvgIpc) is 3.09. The summed E-state index contributed by atoms with van der Waals surface area (Å²) in [6.45, 7) is 4.01. The molecular weight excluding hydrogens is 374 g/mol. The molecule has 5 rings (SSSR count). The lowest BCUT2D eigenvalue weighted by Crippen LogP contribution is -2.27. The minimum absolute atomic E-state index is 0.0226. The third-order valence-electron chi connectivity index (χ3n) is 6.26. The van der Waals surface area contributed by atoms with Gasteiger partial charge in [0.2, 0.25) is 0 Å². The average molecular weight is 402 g/mol. The summed E-state index contributed by atoms with van der Waals surface area (Å²) < 4.78 is 3.56. The van der Waals surface area contributed by atoms with Gasteiger partial charge in [-0.15, -0.1) is 0 Å². The van der Waals surface area contributed by atoms with E-state index >= 15 is 0 Å². The second-order valence-corrected chi connectivity index (χ2v) is 8.56. The zero-order chi connectivity index (χ0) is 20.7. The van der Waals surface area contributed by atoms with Gasteiger partial charge in [0.05, 0.1) is 35.2 Å². The first-order valence-electron chi connectivity index (χ1n) is 11.0. The van der Waals surface area contributed by atoms with Crippen molar-refractivity contribution in [2.75, 3.05) is 0 Å². The van der Waals surface area contributed by atoms with Crippen molar-refractivity contribution in [2.24, 2.45) is 0 Å². The SMILES string of the molecule is Cc1cn2nc(-c3ccc4c(=O)n(C5CCCCCCC5)ncc4c3)cc(C)c2n1. The van der Waals surface area contributed by atoms with Gasteiger partial charge >= 0.3 is 0 Å². The van der Waals surface area contributed by atoms with Crippen LogP contribution in [0.4, 0.5) is 0 Å². The third-order valence-corrected chi connectivity index (χ3v) is 6.26. The molecule has 0 saturated heterocycles. The predicted octanol–water partition coefficient (Wildman–Crippen LogP) is 5.01. The zero-order valence-electron chi connectivity index (χ0n) is 17.6. The fourth-order valence-electron chi connectivity index (χ4n) is 4.65. The van der Waals surface area contributed by atoms with E-state index in [0.717, 1.165) is 51.8 Å². The fraction of sp³-hybridized carbons (Fsp3) is 0.417. The van der Waals surface area contributed by atoms with Crippen LogP contribution in [0, 0.1) is 13.8 Å². The number of fused-ring (bicyclic) bond motifs is 2. The van der Waals surface area contributed by atoms with E-state index in [1.807, 2.05) is 55.0 Å². The monoisotopic (exact) mass is 401 g/mol. The highest BCUT2D eigenvalue weighted by atomic mass is 16.1. The van der Waals surface area contributed by atoms with Crippen LogP contribution in [0.5, 0.6) is 0 Å². The van der Waals surface area contributed by atoms with Crippen LogP contribution in [0.1, 0.15) is 62.2 Å². The van der Waals surface area contributed by atoms with E-state index in [4.69, 9.17) is 5.10 Å². The smallest absolute Gasteiger partial charge is 0.267 e. The van der Waals surface area contributed by atoms with Crippen LogP contribution in [0.3, 0.4) is 0 Å². The maximum Gasteiger partial charge on any atom is 0.274 e. The van der Waals surface area contributed by atoms with Gasteiger partial charge in [0.15, 0.2) is 5.65 Å². The van der Waals surface area contributed by atoms with E-state index in [1.54, 1.807) is 4.68 Å². The quantitative estimate of drug-likeness (QED) is 0.474. The fourth-order valence-corrected chi connectivity index (χ4v) is 4.65. The molecular formula is C24H27N5O. The lowest BCUT2D eigenvalue weighted by atomic mass is 9.96. The number of hydrogen-bond acceptors (Lipinski definition) is 4. The van der Waals surface area contributed by atoms with Crippen LogP contribution in [0.15, 0.2) is 41.5 Å². The van der Waals surface area contributed by atoms with Crippen molar-refractivity contribution in [1.82, 2.24) is 24.4 Å². The molecule has 1 saturated carbocycles. The Labute approximate surface area is 175 Å². The molecule has 154 valence electrons. The summed E-state index contributed by atoms with van der Waals surface area (Å²) in [6, 6.07) is 8.20. The lowest BCUT2D eigenvalue weighted by Gasteiger charge is -2.21. The highest BCUT2D eigenvalue weighted by molar-refractivity contribution is 5.85. The van der Waals surface area contributed by atoms with Crippen molar-refractivity contribution in [3.63, 3.8) is 0 Å². The Morgan fingerprint density at radius 2 is 1.77 bits per heavy atom. The highest BCUT2D eigenvalue weighted by Crippen LogP contribution is 2.27. The van der Waals surface area contributed by atoms with Crippen molar-refractivity contribution in [2.45, 2.75) is 64.8 Å². The number of benzene rings is 1. The summed E-state index contributed by atoms with van der Waals surface area (Å²) in [5.41, 5.74) is 4.76. The Morgan fingerprint density at radius 3 is 2.57 bits per heavy atom. The van der Waals surface area contributed by atoms with Crippen molar-refractivity contribution in [3.8, 4) is 11.3 Å². The minimum atomic E-state index is 0.0226. The van der Waals surface area contributed by atoms with E-state index < -0.39 is 0 Å². The van der Waals surface area contributed by atoms with Crippen molar-refractivity contribution < 1.29 is 0 Å². The Hall–Kier alpha value is -3.02. The number of imidazole rings is 1. The molecule has 0 N–H and O–H groups in total. The van der Waals surface area contributed by atoms with Crippen LogP contribution < -0.4 is 5.56 Å². The van der Waals surface area contributed by atoms with Gasteiger partial charge in [-0.3, -0.25) is 4.79 Å². The van der Waals surface area contributed by atoms with E-state index in [1.165, 1.54) is 32.1 Å². The second-order valence-electron chi connectivity index (χ2n) is 8.56. The molecule has 1 fully saturated rings. The van der Waals surface area contributed by atoms with Crippen molar-refractivity contribution in [1.29, 1.82) is 0 Å². The van der Waals surface area contributed by atoms with Gasteiger partial charge in [0, 0.05) is 10.9 Å². The summed E-state index contributed by atoms with van der Waals surface area (Å²) in [7, 11) is 0. The molecule has 0 spiro atoms. The molecule has 30 heavy (non-hydrogen) atoms. The minimum Gasteiger partial charge on any atom is -0.267 e. The van der Waals surface area contributed by atoms with Crippen LogP contribution >= 0.6 is 0 Å². The van der Waals surface area contributed by atoms with E-state index in [0.29, 0.717) is 0 Å². The first kappa shape index (κ1) is 19.0. The first-order chi connectivity index (χ1) is 14.6. The van der Waals surface area contributed by atoms with Crippen LogP contribution in [-0.4, -0.2) is 24.4 Å².